The molecule has 2 aromatic rings. The monoisotopic (exact) mass is 285 g/mol. The topological polar surface area (TPSA) is 51.9 Å². The second kappa shape index (κ2) is 4.84. The fourth-order valence-electron chi connectivity index (χ4n) is 2.98. The molecule has 0 unspecified atom stereocenters. The van der Waals surface area contributed by atoms with Crippen LogP contribution in [0.1, 0.15) is 35.0 Å². The van der Waals surface area contributed by atoms with Crippen molar-refractivity contribution in [1.29, 1.82) is 0 Å². The Morgan fingerprint density at radius 2 is 2.10 bits per heavy atom. The number of nitrogens with zero attached hydrogens (tertiary/aromatic N) is 1. The number of amides is 1. The summed E-state index contributed by atoms with van der Waals surface area (Å²) in [6, 6.07) is 9.13. The summed E-state index contributed by atoms with van der Waals surface area (Å²) >= 11 is 0. The molecule has 21 heavy (non-hydrogen) atoms. The van der Waals surface area contributed by atoms with Crippen LogP contribution in [-0.4, -0.2) is 24.1 Å². The van der Waals surface area contributed by atoms with Crippen molar-refractivity contribution in [3.63, 3.8) is 0 Å². The molecule has 2 aliphatic heterocycles. The molecule has 3 heterocycles. The Morgan fingerprint density at radius 1 is 1.19 bits per heavy atom. The summed E-state index contributed by atoms with van der Waals surface area (Å²) in [5.41, 5.74) is 0.623. The van der Waals surface area contributed by atoms with Gasteiger partial charge in [-0.1, -0.05) is 0 Å². The van der Waals surface area contributed by atoms with Gasteiger partial charge in [-0.3, -0.25) is 4.79 Å². The van der Waals surface area contributed by atoms with Gasteiger partial charge in [-0.15, -0.1) is 0 Å². The van der Waals surface area contributed by atoms with E-state index < -0.39 is 0 Å². The Bertz CT molecular complexity index is 665. The maximum Gasteiger partial charge on any atom is 0.254 e. The van der Waals surface area contributed by atoms with E-state index in [9.17, 15) is 4.79 Å². The van der Waals surface area contributed by atoms with Gasteiger partial charge in [0, 0.05) is 12.1 Å². The zero-order chi connectivity index (χ0) is 14.2. The van der Waals surface area contributed by atoms with Crippen LogP contribution in [0.15, 0.2) is 41.0 Å². The molecule has 1 aromatic carbocycles. The van der Waals surface area contributed by atoms with E-state index in [2.05, 4.69) is 0 Å². The number of furan rings is 1. The van der Waals surface area contributed by atoms with E-state index >= 15 is 0 Å². The van der Waals surface area contributed by atoms with Gasteiger partial charge in [0.2, 0.25) is 6.79 Å². The van der Waals surface area contributed by atoms with Crippen LogP contribution in [0.25, 0.3) is 0 Å². The van der Waals surface area contributed by atoms with E-state index in [-0.39, 0.29) is 18.7 Å². The summed E-state index contributed by atoms with van der Waals surface area (Å²) < 4.78 is 16.1. The number of likely N-dealkylation sites (tertiary alicyclic amines) is 1. The fraction of sp³-hybridized carbons (Fsp3) is 0.312. The lowest BCUT2D eigenvalue weighted by Gasteiger charge is -2.23. The number of hydrogen-bond acceptors (Lipinski definition) is 4. The van der Waals surface area contributed by atoms with Crippen molar-refractivity contribution < 1.29 is 18.7 Å². The SMILES string of the molecule is O=C(c1ccc2c(c1)OCO2)N1CCC[C@@H]1c1ccco1. The van der Waals surface area contributed by atoms with E-state index in [0.717, 1.165) is 25.1 Å². The van der Waals surface area contributed by atoms with Crippen LogP contribution in [-0.2, 0) is 0 Å². The molecular weight excluding hydrogens is 270 g/mol. The van der Waals surface area contributed by atoms with Crippen LogP contribution in [0.2, 0.25) is 0 Å². The van der Waals surface area contributed by atoms with Gasteiger partial charge in [-0.2, -0.15) is 0 Å². The average Bonchev–Trinajstić information content (AvgIpc) is 3.24. The smallest absolute Gasteiger partial charge is 0.254 e. The van der Waals surface area contributed by atoms with Crippen molar-refractivity contribution in [3.05, 3.63) is 47.9 Å². The zero-order valence-electron chi connectivity index (χ0n) is 11.5. The third-order valence-electron chi connectivity index (χ3n) is 4.00. The molecule has 0 radical (unpaired) electrons. The second-order valence-electron chi connectivity index (χ2n) is 5.24. The number of ether oxygens (including phenoxy) is 2. The second-order valence-corrected chi connectivity index (χ2v) is 5.24. The molecule has 0 saturated carbocycles. The zero-order valence-corrected chi connectivity index (χ0v) is 11.5. The molecule has 4 rings (SSSR count). The minimum absolute atomic E-state index is 0.00667. The van der Waals surface area contributed by atoms with Gasteiger partial charge >= 0.3 is 0 Å². The van der Waals surface area contributed by atoms with Crippen molar-refractivity contribution in [1.82, 2.24) is 4.90 Å². The molecule has 0 aliphatic carbocycles. The van der Waals surface area contributed by atoms with Crippen molar-refractivity contribution in [3.8, 4) is 11.5 Å². The van der Waals surface area contributed by atoms with Crippen molar-refractivity contribution in [2.24, 2.45) is 0 Å². The van der Waals surface area contributed by atoms with E-state index in [0.29, 0.717) is 17.1 Å². The highest BCUT2D eigenvalue weighted by molar-refractivity contribution is 5.95. The maximum absolute atomic E-state index is 12.7. The first-order chi connectivity index (χ1) is 10.3. The molecule has 2 aliphatic rings. The molecule has 108 valence electrons. The van der Waals surface area contributed by atoms with Crippen LogP contribution in [0.4, 0.5) is 0 Å². The highest BCUT2D eigenvalue weighted by Gasteiger charge is 2.32. The standard InChI is InChI=1S/C16H15NO4/c18-16(11-5-6-14-15(9-11)21-10-20-14)17-7-1-3-12(17)13-4-2-8-19-13/h2,4-6,8-9,12H,1,3,7,10H2/t12-/m1/s1. The van der Waals surface area contributed by atoms with Crippen LogP contribution in [0, 0.1) is 0 Å². The number of benzene rings is 1. The largest absolute Gasteiger partial charge is 0.467 e. The summed E-state index contributed by atoms with van der Waals surface area (Å²) in [5, 5.41) is 0. The number of carbonyl (C=O) groups excluding carboxylic acids is 1. The number of carbonyl (C=O) groups is 1. The molecule has 1 aromatic heterocycles. The van der Waals surface area contributed by atoms with Crippen LogP contribution >= 0.6 is 0 Å². The lowest BCUT2D eigenvalue weighted by atomic mass is 10.1. The molecule has 0 bridgehead atoms. The predicted octanol–water partition coefficient (Wildman–Crippen LogP) is 2.99. The summed E-state index contributed by atoms with van der Waals surface area (Å²) in [5.74, 6) is 2.18. The number of fused-ring (bicyclic) bond motifs is 1. The maximum atomic E-state index is 12.7. The molecule has 1 fully saturated rings. The molecule has 1 amide bonds. The van der Waals surface area contributed by atoms with Crippen LogP contribution in [0.5, 0.6) is 11.5 Å². The van der Waals surface area contributed by atoms with Crippen molar-refractivity contribution >= 4 is 5.91 Å². The Morgan fingerprint density at radius 3 is 2.95 bits per heavy atom. The van der Waals surface area contributed by atoms with Gasteiger partial charge in [-0.05, 0) is 43.2 Å². The fourth-order valence-corrected chi connectivity index (χ4v) is 2.98. The van der Waals surface area contributed by atoms with Gasteiger partial charge in [0.25, 0.3) is 5.91 Å². The summed E-state index contributed by atoms with van der Waals surface area (Å²) in [6.07, 6.45) is 3.57. The third kappa shape index (κ3) is 2.05. The predicted molar refractivity (Wildman–Crippen MR) is 74.3 cm³/mol. The van der Waals surface area contributed by atoms with Gasteiger partial charge in [-0.25, -0.2) is 0 Å². The number of hydrogen-bond donors (Lipinski definition) is 0. The third-order valence-corrected chi connectivity index (χ3v) is 4.00. The van der Waals surface area contributed by atoms with E-state index in [1.165, 1.54) is 0 Å². The Kier molecular flexibility index (Phi) is 2.84. The minimum Gasteiger partial charge on any atom is -0.467 e. The lowest BCUT2D eigenvalue weighted by molar-refractivity contribution is 0.0719. The first kappa shape index (κ1) is 12.3. The summed E-state index contributed by atoms with van der Waals surface area (Å²) in [7, 11) is 0. The van der Waals surface area contributed by atoms with Crippen molar-refractivity contribution in [2.75, 3.05) is 13.3 Å². The van der Waals surface area contributed by atoms with E-state index in [1.807, 2.05) is 17.0 Å². The first-order valence-electron chi connectivity index (χ1n) is 7.07. The Hall–Kier alpha value is -2.43. The summed E-state index contributed by atoms with van der Waals surface area (Å²) in [4.78, 5) is 14.6. The molecular formula is C16H15NO4. The van der Waals surface area contributed by atoms with Gasteiger partial charge in [0.05, 0.1) is 12.3 Å². The van der Waals surface area contributed by atoms with E-state index in [4.69, 9.17) is 13.9 Å². The first-order valence-corrected chi connectivity index (χ1v) is 7.07. The molecule has 5 heteroatoms. The average molecular weight is 285 g/mol. The molecule has 5 nitrogen and oxygen atoms in total. The molecule has 1 saturated heterocycles. The lowest BCUT2D eigenvalue weighted by Crippen LogP contribution is -2.30. The van der Waals surface area contributed by atoms with Crippen LogP contribution < -0.4 is 9.47 Å². The molecule has 0 spiro atoms. The quantitative estimate of drug-likeness (QED) is 0.851. The van der Waals surface area contributed by atoms with Crippen LogP contribution in [0.3, 0.4) is 0 Å². The summed E-state index contributed by atoms with van der Waals surface area (Å²) in [6.45, 7) is 0.963. The number of rotatable bonds is 2. The minimum atomic E-state index is 0.00667. The molecule has 0 N–H and O–H groups in total. The van der Waals surface area contributed by atoms with E-state index in [1.54, 1.807) is 24.5 Å². The normalized spacial score (nSPS) is 20.0. The van der Waals surface area contributed by atoms with Gasteiger partial charge < -0.3 is 18.8 Å². The van der Waals surface area contributed by atoms with Gasteiger partial charge in [0.1, 0.15) is 5.76 Å². The highest BCUT2D eigenvalue weighted by atomic mass is 16.7. The van der Waals surface area contributed by atoms with Gasteiger partial charge in [0.15, 0.2) is 11.5 Å². The van der Waals surface area contributed by atoms with Crippen molar-refractivity contribution in [2.45, 2.75) is 18.9 Å². The Balaban J connectivity index is 1.62. The molecule has 1 atom stereocenters. The highest BCUT2D eigenvalue weighted by Crippen LogP contribution is 2.36. The Labute approximate surface area is 122 Å².